The van der Waals surface area contributed by atoms with Crippen LogP contribution in [0.3, 0.4) is 0 Å². The summed E-state index contributed by atoms with van der Waals surface area (Å²) in [7, 11) is -3.53. The molecule has 0 saturated heterocycles. The minimum atomic E-state index is -3.53. The maximum atomic E-state index is 13.3. The van der Waals surface area contributed by atoms with Crippen LogP contribution in [0.5, 0.6) is 0 Å². The summed E-state index contributed by atoms with van der Waals surface area (Å²) >= 11 is 5.99. The van der Waals surface area contributed by atoms with E-state index < -0.39 is 21.6 Å². The highest BCUT2D eigenvalue weighted by atomic mass is 35.5. The molecule has 0 unspecified atom stereocenters. The number of aryl methyl sites for hydroxylation is 1. The lowest BCUT2D eigenvalue weighted by molar-refractivity contribution is -0.141. The van der Waals surface area contributed by atoms with Crippen molar-refractivity contribution in [2.24, 2.45) is 0 Å². The van der Waals surface area contributed by atoms with E-state index in [1.165, 1.54) is 9.21 Å². The predicted molar refractivity (Wildman–Crippen MR) is 142 cm³/mol. The summed E-state index contributed by atoms with van der Waals surface area (Å²) in [5, 5.41) is 3.52. The number of carbonyl (C=O) groups excluding carboxylic acids is 2. The van der Waals surface area contributed by atoms with Gasteiger partial charge in [-0.3, -0.25) is 13.9 Å². The Labute approximate surface area is 214 Å². The molecule has 2 amide bonds. The predicted octanol–water partition coefficient (Wildman–Crippen LogP) is 4.53. The normalized spacial score (nSPS) is 12.7. The number of carbonyl (C=O) groups is 2. The molecule has 2 rings (SSSR count). The molecule has 2 aromatic rings. The van der Waals surface area contributed by atoms with Crippen LogP contribution in [0.2, 0.25) is 5.02 Å². The highest BCUT2D eigenvalue weighted by Crippen LogP contribution is 2.23. The van der Waals surface area contributed by atoms with Crippen molar-refractivity contribution in [3.8, 4) is 0 Å². The van der Waals surface area contributed by atoms with Crippen LogP contribution in [0.15, 0.2) is 48.5 Å². The van der Waals surface area contributed by atoms with Crippen LogP contribution >= 0.6 is 11.6 Å². The van der Waals surface area contributed by atoms with Crippen molar-refractivity contribution >= 4 is 39.1 Å². The molecule has 9 heteroatoms. The fraction of sp³-hybridized carbons (Fsp3) is 0.462. The van der Waals surface area contributed by atoms with Crippen LogP contribution < -0.4 is 9.62 Å². The van der Waals surface area contributed by atoms with Gasteiger partial charge in [0.2, 0.25) is 21.8 Å². The Morgan fingerprint density at radius 1 is 1.06 bits per heavy atom. The van der Waals surface area contributed by atoms with Gasteiger partial charge in [0.15, 0.2) is 0 Å². The molecule has 7 nitrogen and oxygen atoms in total. The number of sulfonamides is 1. The topological polar surface area (TPSA) is 86.8 Å². The van der Waals surface area contributed by atoms with E-state index in [1.807, 2.05) is 52.0 Å². The van der Waals surface area contributed by atoms with Crippen LogP contribution in [0.4, 0.5) is 5.69 Å². The zero-order valence-corrected chi connectivity index (χ0v) is 22.9. The third kappa shape index (κ3) is 8.85. The highest BCUT2D eigenvalue weighted by Gasteiger charge is 2.28. The zero-order valence-electron chi connectivity index (χ0n) is 21.3. The van der Waals surface area contributed by atoms with Crippen molar-refractivity contribution in [2.45, 2.75) is 65.6 Å². The lowest BCUT2D eigenvalue weighted by Crippen LogP contribution is -2.52. The molecule has 2 aromatic carbocycles. The first-order valence-corrected chi connectivity index (χ1v) is 13.8. The largest absolute Gasteiger partial charge is 0.350 e. The summed E-state index contributed by atoms with van der Waals surface area (Å²) in [6.45, 7) is 9.60. The second-order valence-electron chi connectivity index (χ2n) is 9.79. The van der Waals surface area contributed by atoms with E-state index in [-0.39, 0.29) is 31.3 Å². The van der Waals surface area contributed by atoms with Gasteiger partial charge >= 0.3 is 0 Å². The molecule has 1 atom stereocenters. The standard InChI is InChI=1S/C26H36ClN3O4S/c1-19-10-7-8-11-23(19)30(35(6,33)34)17-9-12-24(31)29(18-21-13-15-22(27)16-14-21)20(2)25(32)28-26(3,4)5/h7-8,10-11,13-16,20H,9,12,17-18H2,1-6H3,(H,28,32)/t20-/m1/s1. The van der Waals surface area contributed by atoms with Crippen LogP contribution in [0.25, 0.3) is 0 Å². The van der Waals surface area contributed by atoms with Gasteiger partial charge in [0.25, 0.3) is 0 Å². The second-order valence-corrected chi connectivity index (χ2v) is 12.1. The number of halogens is 1. The molecular weight excluding hydrogens is 486 g/mol. The lowest BCUT2D eigenvalue weighted by atomic mass is 10.1. The first-order chi connectivity index (χ1) is 16.2. The number of hydrogen-bond acceptors (Lipinski definition) is 4. The van der Waals surface area contributed by atoms with Gasteiger partial charge in [-0.05, 0) is 70.4 Å². The van der Waals surface area contributed by atoms with Crippen molar-refractivity contribution in [3.05, 3.63) is 64.7 Å². The van der Waals surface area contributed by atoms with Crippen LogP contribution in [0, 0.1) is 6.92 Å². The molecule has 1 N–H and O–H groups in total. The molecular formula is C26H36ClN3O4S. The Kier molecular flexibility index (Phi) is 9.75. The molecule has 0 aromatic heterocycles. The van der Waals surface area contributed by atoms with Crippen LogP contribution in [-0.4, -0.2) is 49.5 Å². The summed E-state index contributed by atoms with van der Waals surface area (Å²) in [5.41, 5.74) is 1.83. The van der Waals surface area contributed by atoms with E-state index >= 15 is 0 Å². The average Bonchev–Trinajstić information content (AvgIpc) is 2.74. The van der Waals surface area contributed by atoms with Crippen molar-refractivity contribution < 1.29 is 18.0 Å². The number of nitrogens with zero attached hydrogens (tertiary/aromatic N) is 2. The van der Waals surface area contributed by atoms with E-state index in [1.54, 1.807) is 31.2 Å². The van der Waals surface area contributed by atoms with Crippen molar-refractivity contribution in [1.29, 1.82) is 0 Å². The third-order valence-electron chi connectivity index (χ3n) is 5.47. The molecule has 0 radical (unpaired) electrons. The SMILES string of the molecule is Cc1ccccc1N(CCCC(=O)N(Cc1ccc(Cl)cc1)[C@H](C)C(=O)NC(C)(C)C)S(C)(=O)=O. The van der Waals surface area contributed by atoms with E-state index in [9.17, 15) is 18.0 Å². The molecule has 0 aliphatic carbocycles. The van der Waals surface area contributed by atoms with E-state index in [2.05, 4.69) is 5.32 Å². The minimum absolute atomic E-state index is 0.0959. The van der Waals surface area contributed by atoms with Crippen molar-refractivity contribution in [1.82, 2.24) is 10.2 Å². The number of para-hydroxylation sites is 1. The zero-order chi connectivity index (χ0) is 26.4. The molecule has 0 spiro atoms. The number of rotatable bonds is 10. The van der Waals surface area contributed by atoms with Gasteiger partial charge in [-0.2, -0.15) is 0 Å². The van der Waals surface area contributed by atoms with E-state index in [0.29, 0.717) is 17.1 Å². The van der Waals surface area contributed by atoms with E-state index in [0.717, 1.165) is 17.4 Å². The Morgan fingerprint density at radius 2 is 1.66 bits per heavy atom. The maximum absolute atomic E-state index is 13.3. The summed E-state index contributed by atoms with van der Waals surface area (Å²) in [5.74, 6) is -0.479. The Hall–Kier alpha value is -2.58. The van der Waals surface area contributed by atoms with Crippen molar-refractivity contribution in [2.75, 3.05) is 17.1 Å². The van der Waals surface area contributed by atoms with Crippen molar-refractivity contribution in [3.63, 3.8) is 0 Å². The first-order valence-electron chi connectivity index (χ1n) is 11.6. The quantitative estimate of drug-likeness (QED) is 0.497. The van der Waals surface area contributed by atoms with Gasteiger partial charge in [0.1, 0.15) is 6.04 Å². The minimum Gasteiger partial charge on any atom is -0.350 e. The number of anilines is 1. The smallest absolute Gasteiger partial charge is 0.242 e. The molecule has 0 aliphatic rings. The number of amides is 2. The molecule has 35 heavy (non-hydrogen) atoms. The number of hydrogen-bond donors (Lipinski definition) is 1. The van der Waals surface area contributed by atoms with Gasteiger partial charge in [0, 0.05) is 30.1 Å². The molecule has 0 bridgehead atoms. The number of nitrogens with one attached hydrogen (secondary N) is 1. The van der Waals surface area contributed by atoms with Gasteiger partial charge in [0.05, 0.1) is 11.9 Å². The monoisotopic (exact) mass is 521 g/mol. The highest BCUT2D eigenvalue weighted by molar-refractivity contribution is 7.92. The fourth-order valence-electron chi connectivity index (χ4n) is 3.67. The van der Waals surface area contributed by atoms with Crippen LogP contribution in [-0.2, 0) is 26.2 Å². The first kappa shape index (κ1) is 28.7. The van der Waals surface area contributed by atoms with Gasteiger partial charge in [-0.15, -0.1) is 0 Å². The Balaban J connectivity index is 2.19. The molecule has 192 valence electrons. The average molecular weight is 522 g/mol. The molecule has 0 heterocycles. The Bertz CT molecular complexity index is 1130. The second kappa shape index (κ2) is 11.9. The summed E-state index contributed by atoms with van der Waals surface area (Å²) in [6, 6.07) is 13.7. The molecule has 0 fully saturated rings. The molecule has 0 aliphatic heterocycles. The summed E-state index contributed by atoms with van der Waals surface area (Å²) in [4.78, 5) is 27.7. The van der Waals surface area contributed by atoms with Gasteiger partial charge < -0.3 is 10.2 Å². The Morgan fingerprint density at radius 3 is 2.20 bits per heavy atom. The number of benzene rings is 2. The van der Waals surface area contributed by atoms with E-state index in [4.69, 9.17) is 11.6 Å². The fourth-order valence-corrected chi connectivity index (χ4v) is 4.82. The van der Waals surface area contributed by atoms with Gasteiger partial charge in [-0.1, -0.05) is 41.9 Å². The summed E-state index contributed by atoms with van der Waals surface area (Å²) in [6.07, 6.45) is 1.57. The molecule has 0 saturated carbocycles. The third-order valence-corrected chi connectivity index (χ3v) is 6.90. The van der Waals surface area contributed by atoms with Gasteiger partial charge in [-0.25, -0.2) is 8.42 Å². The van der Waals surface area contributed by atoms with Crippen LogP contribution in [0.1, 0.15) is 51.7 Å². The summed E-state index contributed by atoms with van der Waals surface area (Å²) < 4.78 is 26.2. The maximum Gasteiger partial charge on any atom is 0.242 e. The lowest BCUT2D eigenvalue weighted by Gasteiger charge is -2.32.